The SMILES string of the molecule is CN1[C@@H]2CC[C@H]1CC(NC(=O)c1c(-c3ccccc3)n(C)c3cc(Cl)ccc13)C2.Cl. The first-order valence-corrected chi connectivity index (χ1v) is 10.8. The number of benzene rings is 2. The molecular weight excluding hydrogens is 417 g/mol. The highest BCUT2D eigenvalue weighted by atomic mass is 35.5. The van der Waals surface area contributed by atoms with Crippen molar-refractivity contribution in [3.8, 4) is 11.3 Å². The molecule has 3 atom stereocenters. The van der Waals surface area contributed by atoms with Crippen molar-refractivity contribution in [1.82, 2.24) is 14.8 Å². The van der Waals surface area contributed by atoms with Gasteiger partial charge in [0.15, 0.2) is 0 Å². The van der Waals surface area contributed by atoms with Crippen molar-refractivity contribution in [2.24, 2.45) is 7.05 Å². The number of piperidine rings is 1. The Bertz CT molecular complexity index is 1060. The van der Waals surface area contributed by atoms with Crippen LogP contribution in [0.15, 0.2) is 48.5 Å². The van der Waals surface area contributed by atoms with Crippen LogP contribution >= 0.6 is 24.0 Å². The fourth-order valence-electron chi connectivity index (χ4n) is 5.36. The molecule has 2 aliphatic rings. The molecule has 2 bridgehead atoms. The van der Waals surface area contributed by atoms with Crippen LogP contribution in [0.1, 0.15) is 36.0 Å². The molecule has 3 heterocycles. The first-order valence-electron chi connectivity index (χ1n) is 10.4. The van der Waals surface area contributed by atoms with E-state index in [0.717, 1.165) is 40.6 Å². The first-order chi connectivity index (χ1) is 14.0. The number of aryl methyl sites for hydroxylation is 1. The first kappa shape index (κ1) is 21.2. The lowest BCUT2D eigenvalue weighted by atomic mass is 9.97. The van der Waals surface area contributed by atoms with Crippen LogP contribution in [0.2, 0.25) is 5.02 Å². The second-order valence-corrected chi connectivity index (χ2v) is 8.94. The Labute approximate surface area is 188 Å². The van der Waals surface area contributed by atoms with Crippen LogP contribution < -0.4 is 5.32 Å². The maximum Gasteiger partial charge on any atom is 0.254 e. The normalized spacial score (nSPS) is 23.4. The molecule has 0 aliphatic carbocycles. The minimum absolute atomic E-state index is 0. The van der Waals surface area contributed by atoms with Gasteiger partial charge in [-0.2, -0.15) is 0 Å². The Morgan fingerprint density at radius 1 is 1.03 bits per heavy atom. The third-order valence-corrected chi connectivity index (χ3v) is 7.11. The number of nitrogens with zero attached hydrogens (tertiary/aromatic N) is 2. The Balaban J connectivity index is 0.00000218. The number of carbonyl (C=O) groups is 1. The number of fused-ring (bicyclic) bond motifs is 3. The summed E-state index contributed by atoms with van der Waals surface area (Å²) in [6, 6.07) is 17.3. The fraction of sp³-hybridized carbons (Fsp3) is 0.375. The van der Waals surface area contributed by atoms with Gasteiger partial charge in [-0.15, -0.1) is 12.4 Å². The molecule has 2 aromatic carbocycles. The van der Waals surface area contributed by atoms with Crippen LogP contribution in [0.3, 0.4) is 0 Å². The van der Waals surface area contributed by atoms with E-state index in [1.807, 2.05) is 43.4 Å². The molecule has 1 unspecified atom stereocenters. The lowest BCUT2D eigenvalue weighted by Gasteiger charge is -2.36. The smallest absolute Gasteiger partial charge is 0.254 e. The van der Waals surface area contributed by atoms with Crippen LogP contribution in [0, 0.1) is 0 Å². The van der Waals surface area contributed by atoms with Gasteiger partial charge in [0, 0.05) is 35.6 Å². The number of hydrogen-bond acceptors (Lipinski definition) is 2. The second-order valence-electron chi connectivity index (χ2n) is 8.50. The highest BCUT2D eigenvalue weighted by Crippen LogP contribution is 2.36. The second kappa shape index (κ2) is 8.26. The Morgan fingerprint density at radius 2 is 1.70 bits per heavy atom. The van der Waals surface area contributed by atoms with Gasteiger partial charge in [-0.1, -0.05) is 48.0 Å². The van der Waals surface area contributed by atoms with Gasteiger partial charge in [-0.05, 0) is 50.4 Å². The van der Waals surface area contributed by atoms with Crippen molar-refractivity contribution in [3.05, 3.63) is 59.1 Å². The van der Waals surface area contributed by atoms with Gasteiger partial charge in [-0.25, -0.2) is 0 Å². The van der Waals surface area contributed by atoms with Gasteiger partial charge in [0.2, 0.25) is 0 Å². The Hall–Kier alpha value is -2.01. The molecule has 4 nitrogen and oxygen atoms in total. The van der Waals surface area contributed by atoms with Gasteiger partial charge < -0.3 is 14.8 Å². The van der Waals surface area contributed by atoms with Crippen molar-refractivity contribution < 1.29 is 4.79 Å². The topological polar surface area (TPSA) is 37.3 Å². The fourth-order valence-corrected chi connectivity index (χ4v) is 5.53. The summed E-state index contributed by atoms with van der Waals surface area (Å²) in [7, 11) is 4.23. The summed E-state index contributed by atoms with van der Waals surface area (Å²) in [5.74, 6) is 0.0192. The molecular formula is C24H27Cl2N3O. The minimum atomic E-state index is 0. The molecule has 3 aromatic rings. The summed E-state index contributed by atoms with van der Waals surface area (Å²) in [6.07, 6.45) is 4.57. The Morgan fingerprint density at radius 3 is 2.37 bits per heavy atom. The molecule has 0 saturated carbocycles. The lowest BCUT2D eigenvalue weighted by Crippen LogP contribution is -2.48. The summed E-state index contributed by atoms with van der Waals surface area (Å²) in [5, 5.41) is 5.00. The number of hydrogen-bond donors (Lipinski definition) is 1. The number of carbonyl (C=O) groups excluding carboxylic acids is 1. The maximum absolute atomic E-state index is 13.6. The quantitative estimate of drug-likeness (QED) is 0.597. The monoisotopic (exact) mass is 443 g/mol. The summed E-state index contributed by atoms with van der Waals surface area (Å²) in [6.45, 7) is 0. The third-order valence-electron chi connectivity index (χ3n) is 6.87. The summed E-state index contributed by atoms with van der Waals surface area (Å²) in [4.78, 5) is 16.1. The van der Waals surface area contributed by atoms with Crippen molar-refractivity contribution in [2.45, 2.75) is 43.8 Å². The van der Waals surface area contributed by atoms with Gasteiger partial charge in [-0.3, -0.25) is 4.79 Å². The summed E-state index contributed by atoms with van der Waals surface area (Å²) < 4.78 is 2.09. The van der Waals surface area contributed by atoms with E-state index >= 15 is 0 Å². The number of rotatable bonds is 3. The minimum Gasteiger partial charge on any atom is -0.349 e. The van der Waals surface area contributed by atoms with E-state index < -0.39 is 0 Å². The number of amides is 1. The van der Waals surface area contributed by atoms with E-state index in [9.17, 15) is 4.79 Å². The van der Waals surface area contributed by atoms with Crippen LogP contribution in [0.5, 0.6) is 0 Å². The van der Waals surface area contributed by atoms with Crippen LogP contribution in [-0.4, -0.2) is 40.5 Å². The van der Waals surface area contributed by atoms with E-state index in [1.165, 1.54) is 12.8 Å². The average Bonchev–Trinajstić information content (AvgIpc) is 3.10. The summed E-state index contributed by atoms with van der Waals surface area (Å²) >= 11 is 6.27. The van der Waals surface area contributed by atoms with E-state index in [-0.39, 0.29) is 24.4 Å². The lowest BCUT2D eigenvalue weighted by molar-refractivity contribution is 0.0884. The van der Waals surface area contributed by atoms with Gasteiger partial charge >= 0.3 is 0 Å². The molecule has 1 aromatic heterocycles. The molecule has 30 heavy (non-hydrogen) atoms. The molecule has 158 valence electrons. The zero-order valence-electron chi connectivity index (χ0n) is 17.3. The van der Waals surface area contributed by atoms with Crippen LogP contribution in [-0.2, 0) is 7.05 Å². The highest BCUT2D eigenvalue weighted by Gasteiger charge is 2.39. The number of aromatic nitrogens is 1. The molecule has 5 rings (SSSR count). The van der Waals surface area contributed by atoms with E-state index in [4.69, 9.17) is 11.6 Å². The van der Waals surface area contributed by atoms with Crippen molar-refractivity contribution in [2.75, 3.05) is 7.05 Å². The molecule has 0 spiro atoms. The number of nitrogens with one attached hydrogen (secondary N) is 1. The van der Waals surface area contributed by atoms with E-state index in [1.54, 1.807) is 0 Å². The van der Waals surface area contributed by atoms with Crippen molar-refractivity contribution in [1.29, 1.82) is 0 Å². The van der Waals surface area contributed by atoms with Gasteiger partial charge in [0.25, 0.3) is 5.91 Å². The molecule has 2 aliphatic heterocycles. The predicted molar refractivity (Wildman–Crippen MR) is 126 cm³/mol. The maximum atomic E-state index is 13.6. The van der Waals surface area contributed by atoms with Crippen molar-refractivity contribution >= 4 is 40.8 Å². The average molecular weight is 444 g/mol. The molecule has 0 radical (unpaired) electrons. The van der Waals surface area contributed by atoms with E-state index in [2.05, 4.69) is 34.0 Å². The molecule has 1 N–H and O–H groups in total. The largest absolute Gasteiger partial charge is 0.349 e. The van der Waals surface area contributed by atoms with Gasteiger partial charge in [0.1, 0.15) is 0 Å². The van der Waals surface area contributed by atoms with Crippen LogP contribution in [0.4, 0.5) is 0 Å². The molecule has 6 heteroatoms. The van der Waals surface area contributed by atoms with Crippen molar-refractivity contribution in [3.63, 3.8) is 0 Å². The predicted octanol–water partition coefficient (Wildman–Crippen LogP) is 5.28. The standard InChI is InChI=1S/C24H26ClN3O.ClH/c1-27-18-9-10-19(27)14-17(13-18)26-24(29)22-20-11-8-16(25)12-21(20)28(2)23(22)15-6-4-3-5-7-15;/h3-8,11-12,17-19H,9-10,13-14H2,1-2H3,(H,26,29);1H/t17?,18-,19+;. The third kappa shape index (κ3) is 3.51. The zero-order valence-corrected chi connectivity index (χ0v) is 18.8. The molecule has 2 saturated heterocycles. The summed E-state index contributed by atoms with van der Waals surface area (Å²) in [5.41, 5.74) is 3.70. The van der Waals surface area contributed by atoms with Crippen LogP contribution in [0.25, 0.3) is 22.2 Å². The highest BCUT2D eigenvalue weighted by molar-refractivity contribution is 6.31. The number of halogens is 2. The zero-order chi connectivity index (χ0) is 20.1. The Kier molecular flexibility index (Phi) is 5.84. The molecule has 2 fully saturated rings. The van der Waals surface area contributed by atoms with Gasteiger partial charge in [0.05, 0.1) is 16.8 Å². The van der Waals surface area contributed by atoms with E-state index in [0.29, 0.717) is 17.1 Å². The molecule has 1 amide bonds.